The predicted octanol–water partition coefficient (Wildman–Crippen LogP) is 5.39. The molecule has 0 aromatic heterocycles. The third-order valence-corrected chi connectivity index (χ3v) is 6.83. The molecule has 5 heteroatoms. The van der Waals surface area contributed by atoms with Gasteiger partial charge in [0.15, 0.2) is 0 Å². The van der Waals surface area contributed by atoms with Crippen LogP contribution >= 0.6 is 11.6 Å². The van der Waals surface area contributed by atoms with Crippen LogP contribution in [0.3, 0.4) is 0 Å². The Bertz CT molecular complexity index is 932. The highest BCUT2D eigenvalue weighted by molar-refractivity contribution is 6.30. The lowest BCUT2D eigenvalue weighted by molar-refractivity contribution is -0.150. The Morgan fingerprint density at radius 3 is 2.62 bits per heavy atom. The predicted molar refractivity (Wildman–Crippen MR) is 118 cm³/mol. The first-order valence-corrected chi connectivity index (χ1v) is 11.1. The van der Waals surface area contributed by atoms with Crippen LogP contribution in [0.4, 0.5) is 0 Å². The quantitative estimate of drug-likeness (QED) is 0.679. The van der Waals surface area contributed by atoms with Crippen LogP contribution in [0.2, 0.25) is 5.02 Å². The zero-order chi connectivity index (χ0) is 20.0. The van der Waals surface area contributed by atoms with E-state index in [0.717, 1.165) is 60.9 Å². The number of nitrogens with zero attached hydrogens (tertiary/aromatic N) is 3. The minimum Gasteiger partial charge on any atom is -0.466 e. The van der Waals surface area contributed by atoms with Gasteiger partial charge >= 0.3 is 0 Å². The van der Waals surface area contributed by atoms with Crippen LogP contribution in [0.5, 0.6) is 5.75 Å². The molecule has 0 aliphatic carbocycles. The van der Waals surface area contributed by atoms with E-state index in [4.69, 9.17) is 21.4 Å². The number of hydrogen-bond acceptors (Lipinski definition) is 4. The molecule has 0 bridgehead atoms. The molecule has 152 valence electrons. The van der Waals surface area contributed by atoms with E-state index in [1.54, 1.807) is 0 Å². The average Bonchev–Trinajstić information content (AvgIpc) is 3.18. The standard InChI is InChI=1S/C24H28ClN3O/c1-3-13-27-14-11-24(12-15-27)28-22(20-6-4-5-17(2)23(20)29-24)16-21(26-28)18-7-9-19(25)10-8-18/h4-10,22H,3,11-16H2,1-2H3/t22-/m1/s1. The van der Waals surface area contributed by atoms with Crippen molar-refractivity contribution in [1.29, 1.82) is 0 Å². The van der Waals surface area contributed by atoms with Gasteiger partial charge in [0.1, 0.15) is 5.75 Å². The fourth-order valence-electron chi connectivity index (χ4n) is 5.03. The van der Waals surface area contributed by atoms with Crippen molar-refractivity contribution in [2.45, 2.75) is 51.3 Å². The van der Waals surface area contributed by atoms with Crippen LogP contribution < -0.4 is 4.74 Å². The lowest BCUT2D eigenvalue weighted by Crippen LogP contribution is -2.59. The van der Waals surface area contributed by atoms with Gasteiger partial charge in [0.05, 0.1) is 11.8 Å². The number of benzene rings is 2. The average molecular weight is 410 g/mol. The smallest absolute Gasteiger partial charge is 0.200 e. The van der Waals surface area contributed by atoms with Crippen LogP contribution in [0.15, 0.2) is 47.6 Å². The molecule has 0 N–H and O–H groups in total. The summed E-state index contributed by atoms with van der Waals surface area (Å²) in [5.74, 6) is 1.07. The van der Waals surface area contributed by atoms with Gasteiger partial charge in [-0.05, 0) is 43.1 Å². The molecule has 5 rings (SSSR count). The summed E-state index contributed by atoms with van der Waals surface area (Å²) in [5, 5.41) is 8.20. The molecule has 0 amide bonds. The van der Waals surface area contributed by atoms with Gasteiger partial charge in [0, 0.05) is 42.9 Å². The number of rotatable bonds is 3. The topological polar surface area (TPSA) is 28.1 Å². The number of para-hydroxylation sites is 1. The Kier molecular flexibility index (Phi) is 4.79. The van der Waals surface area contributed by atoms with Crippen LogP contribution in [0.1, 0.15) is 55.3 Å². The summed E-state index contributed by atoms with van der Waals surface area (Å²) in [6.07, 6.45) is 4.06. The number of aryl methyl sites for hydroxylation is 1. The molecule has 2 aromatic carbocycles. The number of hydrogen-bond donors (Lipinski definition) is 0. The molecular weight excluding hydrogens is 382 g/mol. The number of halogens is 1. The molecule has 3 heterocycles. The molecule has 0 unspecified atom stereocenters. The second kappa shape index (κ2) is 7.33. The molecule has 3 aliphatic heterocycles. The summed E-state index contributed by atoms with van der Waals surface area (Å²) in [5.41, 5.74) is 4.41. The maximum absolute atomic E-state index is 6.81. The number of piperidine rings is 1. The Labute approximate surface area is 178 Å². The lowest BCUT2D eigenvalue weighted by Gasteiger charge is -2.51. The fourth-order valence-corrected chi connectivity index (χ4v) is 5.16. The van der Waals surface area contributed by atoms with Gasteiger partial charge in [-0.2, -0.15) is 5.10 Å². The fraction of sp³-hybridized carbons (Fsp3) is 0.458. The van der Waals surface area contributed by atoms with Gasteiger partial charge in [0.25, 0.3) is 0 Å². The van der Waals surface area contributed by atoms with Crippen LogP contribution in [-0.2, 0) is 0 Å². The van der Waals surface area contributed by atoms with E-state index in [1.165, 1.54) is 17.5 Å². The molecule has 1 saturated heterocycles. The first kappa shape index (κ1) is 19.0. The highest BCUT2D eigenvalue weighted by atomic mass is 35.5. The molecular formula is C24H28ClN3O. The molecule has 4 nitrogen and oxygen atoms in total. The third kappa shape index (κ3) is 3.23. The third-order valence-electron chi connectivity index (χ3n) is 6.58. The van der Waals surface area contributed by atoms with E-state index in [9.17, 15) is 0 Å². The van der Waals surface area contributed by atoms with Crippen molar-refractivity contribution >= 4 is 17.3 Å². The van der Waals surface area contributed by atoms with Crippen molar-refractivity contribution in [3.05, 3.63) is 64.2 Å². The molecule has 1 atom stereocenters. The molecule has 2 aromatic rings. The normalized spacial score (nSPS) is 22.8. The SMILES string of the molecule is CCCN1CCC2(CC1)Oc1c(C)cccc1[C@H]1CC(c3ccc(Cl)cc3)=NN12. The van der Waals surface area contributed by atoms with E-state index in [-0.39, 0.29) is 11.8 Å². The minimum atomic E-state index is -0.345. The van der Waals surface area contributed by atoms with E-state index in [0.29, 0.717) is 0 Å². The molecule has 0 saturated carbocycles. The van der Waals surface area contributed by atoms with Crippen LogP contribution in [0.25, 0.3) is 0 Å². The van der Waals surface area contributed by atoms with Gasteiger partial charge in [-0.15, -0.1) is 0 Å². The van der Waals surface area contributed by atoms with Gasteiger partial charge in [-0.1, -0.05) is 48.9 Å². The summed E-state index contributed by atoms with van der Waals surface area (Å²) < 4.78 is 6.81. The first-order chi connectivity index (χ1) is 14.1. The summed E-state index contributed by atoms with van der Waals surface area (Å²) in [4.78, 5) is 2.55. The van der Waals surface area contributed by atoms with Crippen molar-refractivity contribution < 1.29 is 4.74 Å². The van der Waals surface area contributed by atoms with E-state index in [1.807, 2.05) is 12.1 Å². The minimum absolute atomic E-state index is 0.238. The van der Waals surface area contributed by atoms with Crippen LogP contribution in [-0.4, -0.2) is 41.0 Å². The number of fused-ring (bicyclic) bond motifs is 4. The maximum atomic E-state index is 6.81. The number of hydrazone groups is 1. The first-order valence-electron chi connectivity index (χ1n) is 10.7. The monoisotopic (exact) mass is 409 g/mol. The van der Waals surface area contributed by atoms with E-state index >= 15 is 0 Å². The van der Waals surface area contributed by atoms with Crippen LogP contribution in [0, 0.1) is 6.92 Å². The molecule has 3 aliphatic rings. The van der Waals surface area contributed by atoms with Gasteiger partial charge in [-0.25, -0.2) is 5.01 Å². The lowest BCUT2D eigenvalue weighted by atomic mass is 9.89. The van der Waals surface area contributed by atoms with Crippen molar-refractivity contribution in [3.63, 3.8) is 0 Å². The summed E-state index contributed by atoms with van der Waals surface area (Å²) >= 11 is 6.11. The summed E-state index contributed by atoms with van der Waals surface area (Å²) in [6.45, 7) is 7.69. The van der Waals surface area contributed by atoms with Crippen molar-refractivity contribution in [2.24, 2.45) is 5.10 Å². The summed E-state index contributed by atoms with van der Waals surface area (Å²) in [6, 6.07) is 14.8. The molecule has 1 fully saturated rings. The Hall–Kier alpha value is -2.04. The molecule has 0 radical (unpaired) electrons. The van der Waals surface area contributed by atoms with Crippen molar-refractivity contribution in [1.82, 2.24) is 9.91 Å². The Morgan fingerprint density at radius 1 is 1.14 bits per heavy atom. The molecule has 1 spiro atoms. The highest BCUT2D eigenvalue weighted by Crippen LogP contribution is 2.50. The number of ether oxygens (including phenoxy) is 1. The van der Waals surface area contributed by atoms with Crippen molar-refractivity contribution in [2.75, 3.05) is 19.6 Å². The summed E-state index contributed by atoms with van der Waals surface area (Å²) in [7, 11) is 0. The van der Waals surface area contributed by atoms with E-state index < -0.39 is 0 Å². The van der Waals surface area contributed by atoms with E-state index in [2.05, 4.69) is 54.1 Å². The number of likely N-dealkylation sites (tertiary alicyclic amines) is 1. The molecule has 29 heavy (non-hydrogen) atoms. The second-order valence-corrected chi connectivity index (χ2v) is 8.94. The van der Waals surface area contributed by atoms with Gasteiger partial charge in [0.2, 0.25) is 5.72 Å². The van der Waals surface area contributed by atoms with Crippen molar-refractivity contribution in [3.8, 4) is 5.75 Å². The highest BCUT2D eigenvalue weighted by Gasteiger charge is 2.52. The van der Waals surface area contributed by atoms with Gasteiger partial charge in [-0.3, -0.25) is 0 Å². The van der Waals surface area contributed by atoms with Gasteiger partial charge < -0.3 is 9.64 Å². The largest absolute Gasteiger partial charge is 0.466 e. The zero-order valence-electron chi connectivity index (χ0n) is 17.2. The Balaban J connectivity index is 1.53. The zero-order valence-corrected chi connectivity index (χ0v) is 18.0. The Morgan fingerprint density at radius 2 is 1.90 bits per heavy atom. The second-order valence-electron chi connectivity index (χ2n) is 8.50. The maximum Gasteiger partial charge on any atom is 0.200 e.